The number of ether oxygens (including phenoxy) is 1. The summed E-state index contributed by atoms with van der Waals surface area (Å²) in [7, 11) is 1.62. The van der Waals surface area contributed by atoms with Crippen molar-refractivity contribution in [2.75, 3.05) is 20.3 Å². The van der Waals surface area contributed by atoms with Crippen LogP contribution < -0.4 is 10.1 Å². The molecule has 2 aromatic carbocycles. The smallest absolute Gasteiger partial charge is 0.318 e. The van der Waals surface area contributed by atoms with Crippen molar-refractivity contribution in [3.05, 3.63) is 65.2 Å². The van der Waals surface area contributed by atoms with Crippen molar-refractivity contribution < 1.29 is 14.6 Å². The van der Waals surface area contributed by atoms with E-state index in [2.05, 4.69) is 5.32 Å². The second-order valence-electron chi connectivity index (χ2n) is 6.05. The Hall–Kier alpha value is -2.53. The number of benzene rings is 2. The van der Waals surface area contributed by atoms with Gasteiger partial charge in [-0.2, -0.15) is 0 Å². The maximum absolute atomic E-state index is 12.7. The highest BCUT2D eigenvalue weighted by Crippen LogP contribution is 2.26. The number of methoxy groups -OCH3 is 1. The topological polar surface area (TPSA) is 61.8 Å². The number of nitrogens with one attached hydrogen (secondary N) is 1. The van der Waals surface area contributed by atoms with E-state index in [9.17, 15) is 9.90 Å². The van der Waals surface area contributed by atoms with Crippen LogP contribution in [0.5, 0.6) is 5.75 Å². The summed E-state index contributed by atoms with van der Waals surface area (Å²) in [6.45, 7) is 4.57. The fourth-order valence-electron chi connectivity index (χ4n) is 2.72. The Morgan fingerprint density at radius 2 is 1.96 bits per heavy atom. The van der Waals surface area contributed by atoms with Crippen molar-refractivity contribution in [2.45, 2.75) is 26.4 Å². The van der Waals surface area contributed by atoms with Crippen LogP contribution in [0.2, 0.25) is 0 Å². The number of nitrogens with zero attached hydrogens (tertiary/aromatic N) is 1. The van der Waals surface area contributed by atoms with Crippen LogP contribution in [-0.2, 0) is 6.54 Å². The van der Waals surface area contributed by atoms with Crippen LogP contribution in [0, 0.1) is 6.92 Å². The van der Waals surface area contributed by atoms with Gasteiger partial charge in [-0.3, -0.25) is 0 Å². The molecule has 0 aromatic heterocycles. The number of hydrogen-bond donors (Lipinski definition) is 2. The Balaban J connectivity index is 2.10. The van der Waals surface area contributed by atoms with Gasteiger partial charge in [0, 0.05) is 18.7 Å². The van der Waals surface area contributed by atoms with E-state index >= 15 is 0 Å². The molecule has 0 spiro atoms. The Kier molecular flexibility index (Phi) is 6.83. The largest absolute Gasteiger partial charge is 0.496 e. The molecule has 0 bridgehead atoms. The average molecular weight is 342 g/mol. The molecule has 0 fully saturated rings. The van der Waals surface area contributed by atoms with Crippen LogP contribution in [0.15, 0.2) is 48.5 Å². The molecule has 134 valence electrons. The first-order valence-electron chi connectivity index (χ1n) is 8.40. The molecule has 5 heteroatoms. The fraction of sp³-hybridized carbons (Fsp3) is 0.350. The normalized spacial score (nSPS) is 11.7. The molecule has 1 atom stereocenters. The lowest BCUT2D eigenvalue weighted by Gasteiger charge is -2.25. The predicted molar refractivity (Wildman–Crippen MR) is 98.6 cm³/mol. The molecule has 0 saturated carbocycles. The average Bonchev–Trinajstić information content (AvgIpc) is 2.62. The van der Waals surface area contributed by atoms with Gasteiger partial charge >= 0.3 is 6.03 Å². The first-order chi connectivity index (χ1) is 12.0. The summed E-state index contributed by atoms with van der Waals surface area (Å²) in [5.74, 6) is 0.746. The Labute approximate surface area is 149 Å². The van der Waals surface area contributed by atoms with Crippen molar-refractivity contribution in [3.8, 4) is 5.75 Å². The number of aryl methyl sites for hydroxylation is 1. The molecule has 5 nitrogen and oxygen atoms in total. The number of carbonyl (C=O) groups excluding carboxylic acids is 1. The number of aliphatic hydroxyl groups excluding tert-OH is 1. The molecule has 2 aromatic rings. The lowest BCUT2D eigenvalue weighted by Crippen LogP contribution is -2.42. The van der Waals surface area contributed by atoms with E-state index in [-0.39, 0.29) is 25.2 Å². The molecule has 0 aliphatic heterocycles. The van der Waals surface area contributed by atoms with E-state index in [1.54, 1.807) is 12.0 Å². The Morgan fingerprint density at radius 3 is 2.60 bits per heavy atom. The number of rotatable bonds is 7. The molecule has 0 aliphatic rings. The highest BCUT2D eigenvalue weighted by molar-refractivity contribution is 5.75. The molecule has 2 rings (SSSR count). The summed E-state index contributed by atoms with van der Waals surface area (Å²) >= 11 is 0. The van der Waals surface area contributed by atoms with Gasteiger partial charge in [0.15, 0.2) is 0 Å². The molecule has 0 aliphatic carbocycles. The monoisotopic (exact) mass is 342 g/mol. The second kappa shape index (κ2) is 9.08. The van der Waals surface area contributed by atoms with E-state index < -0.39 is 0 Å². The van der Waals surface area contributed by atoms with Crippen LogP contribution in [0.3, 0.4) is 0 Å². The van der Waals surface area contributed by atoms with Crippen LogP contribution in [0.4, 0.5) is 4.79 Å². The minimum atomic E-state index is -0.214. The van der Waals surface area contributed by atoms with Gasteiger partial charge in [0.2, 0.25) is 0 Å². The summed E-state index contributed by atoms with van der Waals surface area (Å²) < 4.78 is 5.40. The zero-order valence-electron chi connectivity index (χ0n) is 15.0. The fourth-order valence-corrected chi connectivity index (χ4v) is 2.72. The molecule has 0 heterocycles. The first kappa shape index (κ1) is 18.8. The van der Waals surface area contributed by atoms with Crippen molar-refractivity contribution in [1.82, 2.24) is 10.2 Å². The maximum atomic E-state index is 12.7. The minimum Gasteiger partial charge on any atom is -0.496 e. The maximum Gasteiger partial charge on any atom is 0.318 e. The zero-order valence-corrected chi connectivity index (χ0v) is 15.0. The van der Waals surface area contributed by atoms with E-state index in [0.29, 0.717) is 6.54 Å². The van der Waals surface area contributed by atoms with Gasteiger partial charge in [-0.1, -0.05) is 48.0 Å². The summed E-state index contributed by atoms with van der Waals surface area (Å²) in [4.78, 5) is 14.3. The SMILES string of the molecule is COc1ccc(C)cc1C(C)NC(=O)N(CCO)Cc1ccccc1. The number of hydrogen-bond acceptors (Lipinski definition) is 3. The van der Waals surface area contributed by atoms with E-state index in [4.69, 9.17) is 4.74 Å². The lowest BCUT2D eigenvalue weighted by molar-refractivity contribution is 0.171. The molecule has 0 radical (unpaired) electrons. The van der Waals surface area contributed by atoms with Gasteiger partial charge in [-0.05, 0) is 25.5 Å². The minimum absolute atomic E-state index is 0.0810. The van der Waals surface area contributed by atoms with Crippen molar-refractivity contribution >= 4 is 6.03 Å². The third kappa shape index (κ3) is 5.22. The second-order valence-corrected chi connectivity index (χ2v) is 6.05. The molecular formula is C20H26N2O3. The van der Waals surface area contributed by atoms with Gasteiger partial charge < -0.3 is 20.1 Å². The third-order valence-electron chi connectivity index (χ3n) is 4.07. The van der Waals surface area contributed by atoms with Crippen LogP contribution >= 0.6 is 0 Å². The lowest BCUT2D eigenvalue weighted by atomic mass is 10.0. The summed E-state index contributed by atoms with van der Waals surface area (Å²) in [5, 5.41) is 12.3. The van der Waals surface area contributed by atoms with Gasteiger partial charge in [0.05, 0.1) is 19.8 Å². The van der Waals surface area contributed by atoms with E-state index in [1.165, 1.54) is 0 Å². The predicted octanol–water partition coefficient (Wildman–Crippen LogP) is 3.27. The summed E-state index contributed by atoms with van der Waals surface area (Å²) in [6, 6.07) is 15.2. The van der Waals surface area contributed by atoms with Crippen molar-refractivity contribution in [2.24, 2.45) is 0 Å². The highest BCUT2D eigenvalue weighted by Gasteiger charge is 2.19. The molecule has 1 unspecified atom stereocenters. The Bertz CT molecular complexity index is 689. The Morgan fingerprint density at radius 1 is 1.24 bits per heavy atom. The molecule has 2 N–H and O–H groups in total. The van der Waals surface area contributed by atoms with E-state index in [0.717, 1.165) is 22.4 Å². The standard InChI is InChI=1S/C20H26N2O3/c1-15-9-10-19(25-3)18(13-15)16(2)21-20(24)22(11-12-23)14-17-7-5-4-6-8-17/h4-10,13,16,23H,11-12,14H2,1-3H3,(H,21,24). The number of aliphatic hydroxyl groups is 1. The number of urea groups is 1. The van der Waals surface area contributed by atoms with Crippen molar-refractivity contribution in [3.63, 3.8) is 0 Å². The molecule has 0 saturated heterocycles. The third-order valence-corrected chi connectivity index (χ3v) is 4.07. The number of carbonyl (C=O) groups is 1. The highest BCUT2D eigenvalue weighted by atomic mass is 16.5. The molecule has 25 heavy (non-hydrogen) atoms. The van der Waals surface area contributed by atoms with Gasteiger partial charge in [-0.25, -0.2) is 4.79 Å². The van der Waals surface area contributed by atoms with Gasteiger partial charge in [0.1, 0.15) is 5.75 Å². The number of amides is 2. The first-order valence-corrected chi connectivity index (χ1v) is 8.40. The molecule has 2 amide bonds. The van der Waals surface area contributed by atoms with Gasteiger partial charge in [-0.15, -0.1) is 0 Å². The quantitative estimate of drug-likeness (QED) is 0.812. The van der Waals surface area contributed by atoms with Gasteiger partial charge in [0.25, 0.3) is 0 Å². The van der Waals surface area contributed by atoms with Crippen molar-refractivity contribution in [1.29, 1.82) is 0 Å². The van der Waals surface area contributed by atoms with Crippen LogP contribution in [0.1, 0.15) is 29.7 Å². The van der Waals surface area contributed by atoms with Crippen LogP contribution in [-0.4, -0.2) is 36.3 Å². The van der Waals surface area contributed by atoms with Crippen LogP contribution in [0.25, 0.3) is 0 Å². The molecular weight excluding hydrogens is 316 g/mol. The zero-order chi connectivity index (χ0) is 18.2. The van der Waals surface area contributed by atoms with E-state index in [1.807, 2.05) is 62.4 Å². The summed E-state index contributed by atoms with van der Waals surface area (Å²) in [6.07, 6.45) is 0. The summed E-state index contributed by atoms with van der Waals surface area (Å²) in [5.41, 5.74) is 3.06.